The Hall–Kier alpha value is -2.49. The lowest BCUT2D eigenvalue weighted by Gasteiger charge is -2.48. The van der Waals surface area contributed by atoms with Gasteiger partial charge in [-0.25, -0.2) is 4.98 Å². The summed E-state index contributed by atoms with van der Waals surface area (Å²) in [6.45, 7) is 9.83. The number of rotatable bonds is 5. The number of benzene rings is 2. The molecule has 0 amide bonds. The maximum Gasteiger partial charge on any atom is 0.201 e. The Labute approximate surface area is 167 Å². The molecule has 0 bridgehead atoms. The van der Waals surface area contributed by atoms with E-state index in [1.165, 1.54) is 12.0 Å². The SMILES string of the molecule is CCOc1ccc([C@@]2(Nc3nc4ccccc4[nH]3)C[C@@H](C)CC(C)(C)C2)cc1. The highest BCUT2D eigenvalue weighted by atomic mass is 16.5. The molecule has 0 unspecified atom stereocenters. The first-order valence-electron chi connectivity index (χ1n) is 10.4. The van der Waals surface area contributed by atoms with Crippen LogP contribution in [0.5, 0.6) is 5.75 Å². The Morgan fingerprint density at radius 2 is 1.86 bits per heavy atom. The van der Waals surface area contributed by atoms with Gasteiger partial charge in [0.15, 0.2) is 0 Å². The molecule has 4 rings (SSSR count). The molecule has 148 valence electrons. The van der Waals surface area contributed by atoms with Crippen molar-refractivity contribution < 1.29 is 4.74 Å². The lowest BCUT2D eigenvalue weighted by atomic mass is 9.62. The molecule has 1 heterocycles. The van der Waals surface area contributed by atoms with Crippen LogP contribution in [-0.2, 0) is 5.54 Å². The number of hydrogen-bond acceptors (Lipinski definition) is 3. The van der Waals surface area contributed by atoms with Gasteiger partial charge in [0.2, 0.25) is 5.95 Å². The summed E-state index contributed by atoms with van der Waals surface area (Å²) in [5.41, 5.74) is 3.47. The van der Waals surface area contributed by atoms with Gasteiger partial charge < -0.3 is 15.0 Å². The molecular formula is C24H31N3O. The summed E-state index contributed by atoms with van der Waals surface area (Å²) < 4.78 is 5.66. The number of fused-ring (bicyclic) bond motifs is 1. The minimum Gasteiger partial charge on any atom is -0.494 e. The van der Waals surface area contributed by atoms with Crippen molar-refractivity contribution in [2.45, 2.75) is 52.5 Å². The summed E-state index contributed by atoms with van der Waals surface area (Å²) in [4.78, 5) is 8.27. The third-order valence-corrected chi connectivity index (χ3v) is 5.84. The summed E-state index contributed by atoms with van der Waals surface area (Å²) in [6, 6.07) is 16.8. The highest BCUT2D eigenvalue weighted by Gasteiger charge is 2.44. The van der Waals surface area contributed by atoms with Crippen molar-refractivity contribution in [2.75, 3.05) is 11.9 Å². The third-order valence-electron chi connectivity index (χ3n) is 5.84. The standard InChI is InChI=1S/C24H31N3O/c1-5-28-19-12-10-18(11-13-19)24(15-17(2)14-23(3,4)16-24)27-22-25-20-8-6-7-9-21(20)26-22/h6-13,17H,5,14-16H2,1-4H3,(H2,25,26,27)/t17-,24+/m0/s1. The van der Waals surface area contributed by atoms with E-state index < -0.39 is 0 Å². The molecule has 0 spiro atoms. The van der Waals surface area contributed by atoms with Crippen LogP contribution >= 0.6 is 0 Å². The molecule has 3 aromatic rings. The molecule has 2 N–H and O–H groups in total. The minimum atomic E-state index is -0.153. The van der Waals surface area contributed by atoms with Crippen molar-refractivity contribution in [2.24, 2.45) is 11.3 Å². The number of nitrogens with one attached hydrogen (secondary N) is 2. The average molecular weight is 378 g/mol. The fourth-order valence-corrected chi connectivity index (χ4v) is 5.23. The smallest absolute Gasteiger partial charge is 0.201 e. The Kier molecular flexibility index (Phi) is 4.82. The summed E-state index contributed by atoms with van der Waals surface area (Å²) in [6.07, 6.45) is 3.39. The van der Waals surface area contributed by atoms with Gasteiger partial charge in [0, 0.05) is 0 Å². The fraction of sp³-hybridized carbons (Fsp3) is 0.458. The van der Waals surface area contributed by atoms with Crippen LogP contribution in [0, 0.1) is 11.3 Å². The largest absolute Gasteiger partial charge is 0.494 e. The number of ether oxygens (including phenoxy) is 1. The van der Waals surface area contributed by atoms with E-state index in [0.717, 1.165) is 35.6 Å². The number of H-pyrrole nitrogens is 1. The van der Waals surface area contributed by atoms with Gasteiger partial charge in [-0.15, -0.1) is 0 Å². The van der Waals surface area contributed by atoms with Gasteiger partial charge in [-0.1, -0.05) is 45.0 Å². The van der Waals surface area contributed by atoms with Crippen molar-refractivity contribution in [3.05, 3.63) is 54.1 Å². The van der Waals surface area contributed by atoms with Crippen LogP contribution in [-0.4, -0.2) is 16.6 Å². The molecule has 0 radical (unpaired) electrons. The van der Waals surface area contributed by atoms with Gasteiger partial charge in [-0.05, 0) is 67.3 Å². The van der Waals surface area contributed by atoms with E-state index in [1.807, 2.05) is 25.1 Å². The fourth-order valence-electron chi connectivity index (χ4n) is 5.23. The second kappa shape index (κ2) is 7.16. The first-order valence-corrected chi connectivity index (χ1v) is 10.4. The first kappa shape index (κ1) is 18.9. The van der Waals surface area contributed by atoms with E-state index in [-0.39, 0.29) is 11.0 Å². The van der Waals surface area contributed by atoms with Crippen LogP contribution in [0.1, 0.15) is 52.5 Å². The van der Waals surface area contributed by atoms with Gasteiger partial charge in [0.05, 0.1) is 23.2 Å². The summed E-state index contributed by atoms with van der Waals surface area (Å²) in [5, 5.41) is 3.83. The van der Waals surface area contributed by atoms with Crippen LogP contribution in [0.4, 0.5) is 5.95 Å². The molecule has 2 atom stereocenters. The molecule has 1 fully saturated rings. The maximum atomic E-state index is 5.66. The number of para-hydroxylation sites is 2. The Balaban J connectivity index is 1.74. The van der Waals surface area contributed by atoms with Crippen LogP contribution in [0.15, 0.2) is 48.5 Å². The van der Waals surface area contributed by atoms with Crippen LogP contribution in [0.3, 0.4) is 0 Å². The van der Waals surface area contributed by atoms with E-state index in [4.69, 9.17) is 9.72 Å². The van der Waals surface area contributed by atoms with E-state index in [2.05, 4.69) is 61.4 Å². The molecule has 1 aromatic heterocycles. The topological polar surface area (TPSA) is 49.9 Å². The van der Waals surface area contributed by atoms with Gasteiger partial charge >= 0.3 is 0 Å². The highest BCUT2D eigenvalue weighted by molar-refractivity contribution is 5.77. The Morgan fingerprint density at radius 3 is 2.54 bits per heavy atom. The lowest BCUT2D eigenvalue weighted by Crippen LogP contribution is -2.45. The minimum absolute atomic E-state index is 0.153. The number of aromatic amines is 1. The lowest BCUT2D eigenvalue weighted by molar-refractivity contribution is 0.119. The zero-order chi connectivity index (χ0) is 19.8. The molecule has 0 saturated heterocycles. The zero-order valence-electron chi connectivity index (χ0n) is 17.4. The Morgan fingerprint density at radius 1 is 1.11 bits per heavy atom. The molecule has 0 aliphatic heterocycles. The van der Waals surface area contributed by atoms with Crippen molar-refractivity contribution in [3.8, 4) is 5.75 Å². The van der Waals surface area contributed by atoms with Crippen molar-refractivity contribution in [3.63, 3.8) is 0 Å². The van der Waals surface area contributed by atoms with Crippen LogP contribution in [0.25, 0.3) is 11.0 Å². The van der Waals surface area contributed by atoms with Crippen molar-refractivity contribution in [1.82, 2.24) is 9.97 Å². The molecule has 1 saturated carbocycles. The van der Waals surface area contributed by atoms with E-state index in [1.54, 1.807) is 0 Å². The molecule has 2 aromatic carbocycles. The normalized spacial score (nSPS) is 24.2. The predicted molar refractivity (Wildman–Crippen MR) is 116 cm³/mol. The highest BCUT2D eigenvalue weighted by Crippen LogP contribution is 2.50. The molecule has 4 nitrogen and oxygen atoms in total. The average Bonchev–Trinajstić information content (AvgIpc) is 3.02. The maximum absolute atomic E-state index is 5.66. The number of aromatic nitrogens is 2. The quantitative estimate of drug-likeness (QED) is 0.563. The van der Waals surface area contributed by atoms with Gasteiger partial charge in [0.25, 0.3) is 0 Å². The van der Waals surface area contributed by atoms with Crippen LogP contribution < -0.4 is 10.1 Å². The predicted octanol–water partition coefficient (Wildman–Crippen LogP) is 6.12. The van der Waals surface area contributed by atoms with Crippen molar-refractivity contribution in [1.29, 1.82) is 0 Å². The summed E-state index contributed by atoms with van der Waals surface area (Å²) in [5.74, 6) is 2.40. The summed E-state index contributed by atoms with van der Waals surface area (Å²) in [7, 11) is 0. The summed E-state index contributed by atoms with van der Waals surface area (Å²) >= 11 is 0. The zero-order valence-corrected chi connectivity index (χ0v) is 17.4. The first-order chi connectivity index (χ1) is 13.4. The molecule has 28 heavy (non-hydrogen) atoms. The Bertz CT molecular complexity index is 911. The second-order valence-electron chi connectivity index (χ2n) is 9.12. The monoisotopic (exact) mass is 377 g/mol. The van der Waals surface area contributed by atoms with Gasteiger partial charge in [-0.2, -0.15) is 0 Å². The van der Waals surface area contributed by atoms with Gasteiger partial charge in [-0.3, -0.25) is 0 Å². The molecule has 1 aliphatic rings. The number of anilines is 1. The van der Waals surface area contributed by atoms with E-state index >= 15 is 0 Å². The van der Waals surface area contributed by atoms with E-state index in [9.17, 15) is 0 Å². The van der Waals surface area contributed by atoms with Crippen LogP contribution in [0.2, 0.25) is 0 Å². The third kappa shape index (κ3) is 3.73. The number of nitrogens with zero attached hydrogens (tertiary/aromatic N) is 1. The number of hydrogen-bond donors (Lipinski definition) is 2. The molecule has 4 heteroatoms. The van der Waals surface area contributed by atoms with Crippen molar-refractivity contribution >= 4 is 17.0 Å². The molecule has 1 aliphatic carbocycles. The van der Waals surface area contributed by atoms with E-state index in [0.29, 0.717) is 12.5 Å². The number of imidazole rings is 1. The second-order valence-corrected chi connectivity index (χ2v) is 9.12. The molecular weight excluding hydrogens is 346 g/mol. The van der Waals surface area contributed by atoms with Gasteiger partial charge in [0.1, 0.15) is 5.75 Å².